The molecule has 0 N–H and O–H groups in total. The molecular weight excluding hydrogens is 234 g/mol. The molecule has 0 amide bonds. The molecule has 5 nitrogen and oxygen atoms in total. The van der Waals surface area contributed by atoms with E-state index < -0.39 is 11.9 Å². The lowest BCUT2D eigenvalue weighted by molar-refractivity contribution is 0.0556. The molecule has 0 bridgehead atoms. The molecule has 0 aliphatic rings. The van der Waals surface area contributed by atoms with Crippen molar-refractivity contribution in [1.82, 2.24) is 4.98 Å². The molecule has 2 rings (SSSR count). The first-order valence-electron chi connectivity index (χ1n) is 5.23. The van der Waals surface area contributed by atoms with Crippen molar-refractivity contribution in [3.05, 3.63) is 41.6 Å². The minimum Gasteiger partial charge on any atom is -0.465 e. The molecule has 0 saturated heterocycles. The summed E-state index contributed by atoms with van der Waals surface area (Å²) in [6, 6.07) is 7.02. The summed E-state index contributed by atoms with van der Waals surface area (Å²) in [5.74, 6) is -1.21. The smallest absolute Gasteiger partial charge is 0.340 e. The van der Waals surface area contributed by atoms with Gasteiger partial charge in [-0.25, -0.2) is 9.59 Å². The largest absolute Gasteiger partial charge is 0.465 e. The average Bonchev–Trinajstić information content (AvgIpc) is 2.44. The lowest BCUT2D eigenvalue weighted by Gasteiger charge is -2.08. The third kappa shape index (κ3) is 1.90. The van der Waals surface area contributed by atoms with E-state index in [2.05, 4.69) is 9.72 Å². The molecule has 0 atom stereocenters. The van der Waals surface area contributed by atoms with Crippen LogP contribution in [0.4, 0.5) is 0 Å². The highest BCUT2D eigenvalue weighted by Gasteiger charge is 2.21. The molecule has 1 aromatic carbocycles. The van der Waals surface area contributed by atoms with Crippen molar-refractivity contribution in [2.45, 2.75) is 0 Å². The van der Waals surface area contributed by atoms with Crippen molar-refractivity contribution in [1.29, 1.82) is 0 Å². The fraction of sp³-hybridized carbons (Fsp3) is 0.154. The van der Waals surface area contributed by atoms with Gasteiger partial charge in [0.05, 0.1) is 30.9 Å². The quantitative estimate of drug-likeness (QED) is 0.755. The van der Waals surface area contributed by atoms with Crippen LogP contribution in [-0.2, 0) is 9.47 Å². The zero-order chi connectivity index (χ0) is 13.1. The lowest BCUT2D eigenvalue weighted by Crippen LogP contribution is -2.13. The number of esters is 2. The molecular formula is C13H11NO4. The zero-order valence-corrected chi connectivity index (χ0v) is 9.97. The van der Waals surface area contributed by atoms with Crippen LogP contribution in [0.3, 0.4) is 0 Å². The second-order valence-corrected chi connectivity index (χ2v) is 3.55. The van der Waals surface area contributed by atoms with Crippen molar-refractivity contribution in [2.24, 2.45) is 0 Å². The number of nitrogens with zero attached hydrogens (tertiary/aromatic N) is 1. The third-order valence-electron chi connectivity index (χ3n) is 2.57. The SMILES string of the molecule is COC(=O)c1cnc2ccccc2c1C(=O)OC. The summed E-state index contributed by atoms with van der Waals surface area (Å²) in [7, 11) is 2.51. The monoisotopic (exact) mass is 245 g/mol. The van der Waals surface area contributed by atoms with Crippen molar-refractivity contribution >= 4 is 22.8 Å². The molecule has 2 aromatic rings. The number of pyridine rings is 1. The molecule has 1 aromatic heterocycles. The van der Waals surface area contributed by atoms with Crippen LogP contribution in [0.1, 0.15) is 20.7 Å². The number of carbonyl (C=O) groups is 2. The number of hydrogen-bond donors (Lipinski definition) is 0. The summed E-state index contributed by atoms with van der Waals surface area (Å²) in [5, 5.41) is 0.562. The first kappa shape index (κ1) is 12.0. The van der Waals surface area contributed by atoms with Crippen LogP contribution in [0.15, 0.2) is 30.5 Å². The standard InChI is InChI=1S/C13H11NO4/c1-17-12(15)9-7-14-10-6-4-3-5-8(10)11(9)13(16)18-2/h3-7H,1-2H3. The first-order valence-corrected chi connectivity index (χ1v) is 5.23. The van der Waals surface area contributed by atoms with Crippen molar-refractivity contribution < 1.29 is 19.1 Å². The van der Waals surface area contributed by atoms with Gasteiger partial charge in [-0.2, -0.15) is 0 Å². The number of benzene rings is 1. The number of aromatic nitrogens is 1. The predicted molar refractivity (Wildman–Crippen MR) is 64.4 cm³/mol. The Morgan fingerprint density at radius 2 is 1.72 bits per heavy atom. The number of rotatable bonds is 2. The molecule has 1 heterocycles. The summed E-state index contributed by atoms with van der Waals surface area (Å²) in [4.78, 5) is 27.6. The van der Waals surface area contributed by atoms with Gasteiger partial charge in [0.2, 0.25) is 0 Å². The third-order valence-corrected chi connectivity index (χ3v) is 2.57. The Morgan fingerprint density at radius 1 is 1.06 bits per heavy atom. The number of fused-ring (bicyclic) bond motifs is 1. The molecule has 0 spiro atoms. The molecule has 18 heavy (non-hydrogen) atoms. The fourth-order valence-electron chi connectivity index (χ4n) is 1.73. The highest BCUT2D eigenvalue weighted by molar-refractivity contribution is 6.11. The van der Waals surface area contributed by atoms with Gasteiger partial charge in [-0.3, -0.25) is 4.98 Å². The Labute approximate surface area is 103 Å². The van der Waals surface area contributed by atoms with E-state index >= 15 is 0 Å². The van der Waals surface area contributed by atoms with Gasteiger partial charge in [0.25, 0.3) is 0 Å². The van der Waals surface area contributed by atoms with E-state index in [1.165, 1.54) is 20.4 Å². The fourth-order valence-corrected chi connectivity index (χ4v) is 1.73. The van der Waals surface area contributed by atoms with Crippen LogP contribution in [0.5, 0.6) is 0 Å². The van der Waals surface area contributed by atoms with Crippen LogP contribution < -0.4 is 0 Å². The number of carbonyl (C=O) groups excluding carboxylic acids is 2. The van der Waals surface area contributed by atoms with Crippen molar-refractivity contribution in [3.8, 4) is 0 Å². The van der Waals surface area contributed by atoms with Gasteiger partial charge >= 0.3 is 11.9 Å². The molecule has 0 saturated carbocycles. The average molecular weight is 245 g/mol. The maximum atomic E-state index is 11.8. The van der Waals surface area contributed by atoms with Gasteiger partial charge in [0.1, 0.15) is 0 Å². The Balaban J connectivity index is 2.79. The molecule has 92 valence electrons. The molecule has 5 heteroatoms. The van der Waals surface area contributed by atoms with E-state index in [-0.39, 0.29) is 11.1 Å². The molecule has 0 aliphatic carbocycles. The minimum absolute atomic E-state index is 0.100. The Kier molecular flexibility index (Phi) is 3.23. The number of methoxy groups -OCH3 is 2. The summed E-state index contributed by atoms with van der Waals surface area (Å²) >= 11 is 0. The molecule has 0 unspecified atom stereocenters. The number of para-hydroxylation sites is 1. The van der Waals surface area contributed by atoms with E-state index in [9.17, 15) is 9.59 Å². The highest BCUT2D eigenvalue weighted by Crippen LogP contribution is 2.21. The highest BCUT2D eigenvalue weighted by atomic mass is 16.5. The van der Waals surface area contributed by atoms with E-state index in [0.29, 0.717) is 10.9 Å². The summed E-state index contributed by atoms with van der Waals surface area (Å²) in [6.45, 7) is 0. The van der Waals surface area contributed by atoms with Crippen LogP contribution >= 0.6 is 0 Å². The summed E-state index contributed by atoms with van der Waals surface area (Å²) in [5.41, 5.74) is 0.892. The van der Waals surface area contributed by atoms with E-state index in [1.807, 2.05) is 0 Å². The first-order chi connectivity index (χ1) is 8.69. The van der Waals surface area contributed by atoms with Gasteiger partial charge in [0.15, 0.2) is 0 Å². The van der Waals surface area contributed by atoms with Gasteiger partial charge in [-0.15, -0.1) is 0 Å². The second kappa shape index (κ2) is 4.83. The predicted octanol–water partition coefficient (Wildman–Crippen LogP) is 1.81. The number of hydrogen-bond acceptors (Lipinski definition) is 5. The topological polar surface area (TPSA) is 65.5 Å². The van der Waals surface area contributed by atoms with E-state index in [1.54, 1.807) is 24.3 Å². The second-order valence-electron chi connectivity index (χ2n) is 3.55. The zero-order valence-electron chi connectivity index (χ0n) is 9.97. The maximum absolute atomic E-state index is 11.8. The Bertz CT molecular complexity index is 621. The lowest BCUT2D eigenvalue weighted by atomic mass is 10.0. The normalized spacial score (nSPS) is 10.1. The maximum Gasteiger partial charge on any atom is 0.340 e. The van der Waals surface area contributed by atoms with Crippen LogP contribution in [0.2, 0.25) is 0 Å². The molecule has 0 aliphatic heterocycles. The van der Waals surface area contributed by atoms with E-state index in [4.69, 9.17) is 4.74 Å². The van der Waals surface area contributed by atoms with E-state index in [0.717, 1.165) is 0 Å². The summed E-state index contributed by atoms with van der Waals surface area (Å²) < 4.78 is 9.34. The minimum atomic E-state index is -0.617. The molecule has 0 fully saturated rings. The number of ether oxygens (including phenoxy) is 2. The summed E-state index contributed by atoms with van der Waals surface area (Å²) in [6.07, 6.45) is 1.32. The van der Waals surface area contributed by atoms with Gasteiger partial charge in [-0.1, -0.05) is 18.2 Å². The molecule has 0 radical (unpaired) electrons. The van der Waals surface area contributed by atoms with Gasteiger partial charge in [0, 0.05) is 11.6 Å². The van der Waals surface area contributed by atoms with Crippen LogP contribution in [-0.4, -0.2) is 31.1 Å². The van der Waals surface area contributed by atoms with Gasteiger partial charge in [-0.05, 0) is 6.07 Å². The van der Waals surface area contributed by atoms with Crippen LogP contribution in [0.25, 0.3) is 10.9 Å². The van der Waals surface area contributed by atoms with Crippen LogP contribution in [0, 0.1) is 0 Å². The Morgan fingerprint density at radius 3 is 2.39 bits per heavy atom. The van der Waals surface area contributed by atoms with Crippen molar-refractivity contribution in [3.63, 3.8) is 0 Å². The Hall–Kier alpha value is -2.43. The van der Waals surface area contributed by atoms with Crippen molar-refractivity contribution in [2.75, 3.05) is 14.2 Å². The van der Waals surface area contributed by atoms with Gasteiger partial charge < -0.3 is 9.47 Å².